The van der Waals surface area contributed by atoms with Crippen molar-refractivity contribution in [1.29, 1.82) is 5.26 Å². The number of fused-ring (bicyclic) bond motifs is 1. The molecule has 0 radical (unpaired) electrons. The van der Waals surface area contributed by atoms with Crippen molar-refractivity contribution >= 4 is 22.6 Å². The molecule has 1 N–H and O–H groups in total. The van der Waals surface area contributed by atoms with Crippen LogP contribution in [0.5, 0.6) is 5.75 Å². The summed E-state index contributed by atoms with van der Waals surface area (Å²) < 4.78 is 7.09. The van der Waals surface area contributed by atoms with E-state index >= 15 is 0 Å². The quantitative estimate of drug-likeness (QED) is 0.462. The minimum absolute atomic E-state index is 0.0256. The van der Waals surface area contributed by atoms with Gasteiger partial charge in [-0.2, -0.15) is 10.4 Å². The highest BCUT2D eigenvalue weighted by Gasteiger charge is 2.19. The van der Waals surface area contributed by atoms with Crippen molar-refractivity contribution in [1.82, 2.24) is 14.8 Å². The van der Waals surface area contributed by atoms with E-state index in [1.807, 2.05) is 61.9 Å². The monoisotopic (exact) mass is 425 g/mol. The summed E-state index contributed by atoms with van der Waals surface area (Å²) in [7, 11) is 0. The van der Waals surface area contributed by atoms with Crippen LogP contribution in [0.15, 0.2) is 60.8 Å². The number of rotatable bonds is 6. The summed E-state index contributed by atoms with van der Waals surface area (Å²) >= 11 is 0. The maximum absolute atomic E-state index is 13.3. The number of aryl methyl sites for hydroxylation is 1. The minimum Gasteiger partial charge on any atom is -0.479 e. The SMILES string of the molecule is Cc1ccccc1-c1cc(C(=O)Nc2ccc(OCC#N)cc2)c2cnn(C(C)C)c2n1. The van der Waals surface area contributed by atoms with Crippen LogP contribution >= 0.6 is 0 Å². The minimum atomic E-state index is -0.249. The summed E-state index contributed by atoms with van der Waals surface area (Å²) in [5.74, 6) is 0.317. The Morgan fingerprint density at radius 1 is 1.19 bits per heavy atom. The molecule has 0 saturated heterocycles. The maximum atomic E-state index is 13.3. The largest absolute Gasteiger partial charge is 0.479 e. The fraction of sp³-hybridized carbons (Fsp3) is 0.200. The number of anilines is 1. The Balaban J connectivity index is 1.74. The number of carbonyl (C=O) groups is 1. The Labute approximate surface area is 186 Å². The van der Waals surface area contributed by atoms with Crippen molar-refractivity contribution in [3.63, 3.8) is 0 Å². The molecule has 0 aliphatic heterocycles. The lowest BCUT2D eigenvalue weighted by atomic mass is 10.0. The van der Waals surface area contributed by atoms with Gasteiger partial charge in [-0.1, -0.05) is 24.3 Å². The average molecular weight is 425 g/mol. The molecule has 32 heavy (non-hydrogen) atoms. The van der Waals surface area contributed by atoms with Crippen molar-refractivity contribution < 1.29 is 9.53 Å². The van der Waals surface area contributed by atoms with Crippen LogP contribution in [0.4, 0.5) is 5.69 Å². The average Bonchev–Trinajstić information content (AvgIpc) is 3.22. The lowest BCUT2D eigenvalue weighted by Crippen LogP contribution is -2.13. The summed E-state index contributed by atoms with van der Waals surface area (Å²) in [4.78, 5) is 18.1. The van der Waals surface area contributed by atoms with Gasteiger partial charge in [0.2, 0.25) is 0 Å². The van der Waals surface area contributed by atoms with Crippen LogP contribution in [-0.2, 0) is 0 Å². The summed E-state index contributed by atoms with van der Waals surface area (Å²) in [5, 5.41) is 16.7. The van der Waals surface area contributed by atoms with Crippen LogP contribution in [-0.4, -0.2) is 27.3 Å². The Hall–Kier alpha value is -4.18. The first-order valence-corrected chi connectivity index (χ1v) is 10.3. The normalized spacial score (nSPS) is 10.8. The number of hydrogen-bond acceptors (Lipinski definition) is 5. The fourth-order valence-electron chi connectivity index (χ4n) is 3.53. The predicted octanol–water partition coefficient (Wildman–Crippen LogP) is 5.14. The summed E-state index contributed by atoms with van der Waals surface area (Å²) in [6.45, 7) is 6.06. The number of carbonyl (C=O) groups excluding carboxylic acids is 1. The Kier molecular flexibility index (Phi) is 5.86. The van der Waals surface area contributed by atoms with E-state index in [2.05, 4.69) is 10.4 Å². The zero-order valence-electron chi connectivity index (χ0n) is 18.2. The fourth-order valence-corrected chi connectivity index (χ4v) is 3.53. The molecule has 0 aliphatic carbocycles. The van der Waals surface area contributed by atoms with Gasteiger partial charge >= 0.3 is 0 Å². The Bertz CT molecular complexity index is 1320. The van der Waals surface area contributed by atoms with Crippen LogP contribution in [0.3, 0.4) is 0 Å². The maximum Gasteiger partial charge on any atom is 0.256 e. The van der Waals surface area contributed by atoms with E-state index in [0.717, 1.165) is 16.8 Å². The summed E-state index contributed by atoms with van der Waals surface area (Å²) in [5.41, 5.74) is 4.57. The standard InChI is InChI=1S/C25H23N5O2/c1-16(2)30-24-22(15-27-30)21(14-23(29-24)20-7-5-4-6-17(20)3)25(31)28-18-8-10-19(11-9-18)32-13-12-26/h4-11,14-16H,13H2,1-3H3,(H,28,31). The number of nitrogens with one attached hydrogen (secondary N) is 1. The third-order valence-electron chi connectivity index (χ3n) is 5.14. The molecule has 0 bridgehead atoms. The van der Waals surface area contributed by atoms with E-state index in [1.54, 1.807) is 30.5 Å². The van der Waals surface area contributed by atoms with Gasteiger partial charge in [0.1, 0.15) is 11.8 Å². The highest BCUT2D eigenvalue weighted by molar-refractivity contribution is 6.12. The van der Waals surface area contributed by atoms with E-state index in [9.17, 15) is 4.79 Å². The molecule has 2 heterocycles. The number of ether oxygens (including phenoxy) is 1. The van der Waals surface area contributed by atoms with Gasteiger partial charge in [0, 0.05) is 17.3 Å². The van der Waals surface area contributed by atoms with Crippen molar-refractivity contribution in [2.45, 2.75) is 26.8 Å². The van der Waals surface area contributed by atoms with Crippen LogP contribution in [0.2, 0.25) is 0 Å². The molecule has 0 saturated carbocycles. The molecule has 0 spiro atoms. The van der Waals surface area contributed by atoms with Gasteiger partial charge in [-0.3, -0.25) is 4.79 Å². The second kappa shape index (κ2) is 8.90. The smallest absolute Gasteiger partial charge is 0.256 e. The van der Waals surface area contributed by atoms with Crippen LogP contribution in [0.1, 0.15) is 35.8 Å². The number of hydrogen-bond donors (Lipinski definition) is 1. The van der Waals surface area contributed by atoms with E-state index in [0.29, 0.717) is 28.0 Å². The van der Waals surface area contributed by atoms with Crippen LogP contribution in [0.25, 0.3) is 22.3 Å². The van der Waals surface area contributed by atoms with Gasteiger partial charge in [0.25, 0.3) is 5.91 Å². The molecule has 1 amide bonds. The Morgan fingerprint density at radius 2 is 1.94 bits per heavy atom. The zero-order chi connectivity index (χ0) is 22.7. The molecule has 0 atom stereocenters. The molecular weight excluding hydrogens is 402 g/mol. The molecule has 7 heteroatoms. The molecule has 0 fully saturated rings. The first-order valence-electron chi connectivity index (χ1n) is 10.3. The first kappa shape index (κ1) is 21.1. The van der Waals surface area contributed by atoms with E-state index in [1.165, 1.54) is 0 Å². The zero-order valence-corrected chi connectivity index (χ0v) is 18.2. The van der Waals surface area contributed by atoms with Crippen molar-refractivity contribution in [3.05, 3.63) is 71.9 Å². The summed E-state index contributed by atoms with van der Waals surface area (Å²) in [6, 6.07) is 18.7. The molecule has 4 aromatic rings. The van der Waals surface area contributed by atoms with Gasteiger partial charge in [0.05, 0.1) is 22.8 Å². The Morgan fingerprint density at radius 3 is 2.62 bits per heavy atom. The number of pyridine rings is 1. The first-order chi connectivity index (χ1) is 15.5. The van der Waals surface area contributed by atoms with Crippen molar-refractivity contribution in [3.8, 4) is 23.1 Å². The van der Waals surface area contributed by atoms with Gasteiger partial charge in [-0.25, -0.2) is 9.67 Å². The molecule has 0 unspecified atom stereocenters. The van der Waals surface area contributed by atoms with E-state index in [-0.39, 0.29) is 18.6 Å². The van der Waals surface area contributed by atoms with Crippen molar-refractivity contribution in [2.75, 3.05) is 11.9 Å². The number of benzene rings is 2. The van der Waals surface area contributed by atoms with Gasteiger partial charge in [-0.15, -0.1) is 0 Å². The van der Waals surface area contributed by atoms with Crippen LogP contribution < -0.4 is 10.1 Å². The number of amides is 1. The second-order valence-corrected chi connectivity index (χ2v) is 7.72. The third kappa shape index (κ3) is 4.16. The highest BCUT2D eigenvalue weighted by atomic mass is 16.5. The van der Waals surface area contributed by atoms with Crippen LogP contribution in [0, 0.1) is 18.3 Å². The van der Waals surface area contributed by atoms with E-state index < -0.39 is 0 Å². The van der Waals surface area contributed by atoms with Gasteiger partial charge in [0.15, 0.2) is 12.3 Å². The lowest BCUT2D eigenvalue weighted by molar-refractivity contribution is 0.102. The summed E-state index contributed by atoms with van der Waals surface area (Å²) in [6.07, 6.45) is 1.69. The second-order valence-electron chi connectivity index (χ2n) is 7.72. The molecule has 4 rings (SSSR count). The molecule has 160 valence electrons. The number of aromatic nitrogens is 3. The van der Waals surface area contributed by atoms with Crippen molar-refractivity contribution in [2.24, 2.45) is 0 Å². The number of nitriles is 1. The molecule has 2 aromatic carbocycles. The molecule has 7 nitrogen and oxygen atoms in total. The predicted molar refractivity (Wildman–Crippen MR) is 124 cm³/mol. The van der Waals surface area contributed by atoms with Gasteiger partial charge in [-0.05, 0) is 56.7 Å². The van der Waals surface area contributed by atoms with Gasteiger partial charge < -0.3 is 10.1 Å². The molecule has 2 aromatic heterocycles. The molecular formula is C25H23N5O2. The lowest BCUT2D eigenvalue weighted by Gasteiger charge is -2.12. The van der Waals surface area contributed by atoms with E-state index in [4.69, 9.17) is 15.0 Å². The highest BCUT2D eigenvalue weighted by Crippen LogP contribution is 2.29. The molecule has 0 aliphatic rings. The number of nitrogens with zero attached hydrogens (tertiary/aromatic N) is 4. The topological polar surface area (TPSA) is 92.8 Å². The third-order valence-corrected chi connectivity index (χ3v) is 5.14.